The Morgan fingerprint density at radius 1 is 1.03 bits per heavy atom. The van der Waals surface area contributed by atoms with E-state index in [0.29, 0.717) is 17.7 Å². The second-order valence-corrected chi connectivity index (χ2v) is 7.17. The third-order valence-corrected chi connectivity index (χ3v) is 5.23. The molecule has 2 N–H and O–H groups in total. The van der Waals surface area contributed by atoms with Crippen LogP contribution in [0.5, 0.6) is 0 Å². The summed E-state index contributed by atoms with van der Waals surface area (Å²) in [5, 5.41) is 10.5. The number of nitrogens with one attached hydrogen (secondary N) is 2. The van der Waals surface area contributed by atoms with Crippen molar-refractivity contribution in [3.05, 3.63) is 78.4 Å². The maximum absolute atomic E-state index is 13.3. The van der Waals surface area contributed by atoms with E-state index in [1.54, 1.807) is 0 Å². The van der Waals surface area contributed by atoms with E-state index < -0.39 is 0 Å². The van der Waals surface area contributed by atoms with E-state index in [1.165, 1.54) is 18.5 Å². The van der Waals surface area contributed by atoms with Gasteiger partial charge in [0, 0.05) is 12.6 Å². The Hall–Kier alpha value is -3.81. The molecule has 2 aromatic carbocycles. The molecule has 3 heterocycles. The summed E-state index contributed by atoms with van der Waals surface area (Å²) in [4.78, 5) is 15.3. The Bertz CT molecular complexity index is 1130. The van der Waals surface area contributed by atoms with Gasteiger partial charge in [-0.1, -0.05) is 42.5 Å². The minimum Gasteiger partial charge on any atom is -0.334 e. The van der Waals surface area contributed by atoms with E-state index in [0.717, 1.165) is 36.2 Å². The van der Waals surface area contributed by atoms with Crippen molar-refractivity contribution >= 4 is 17.7 Å². The highest BCUT2D eigenvalue weighted by Gasteiger charge is 2.28. The number of benzene rings is 2. The summed E-state index contributed by atoms with van der Waals surface area (Å²) in [6.07, 6.45) is 3.49. The van der Waals surface area contributed by atoms with Crippen LogP contribution in [0.4, 0.5) is 22.1 Å². The van der Waals surface area contributed by atoms with Crippen LogP contribution in [0.15, 0.2) is 67.0 Å². The fraction of sp³-hybridized carbons (Fsp3) is 0.182. The molecular formula is C22H20FN7. The molecule has 0 saturated carbocycles. The summed E-state index contributed by atoms with van der Waals surface area (Å²) in [6.45, 7) is 0.839. The van der Waals surface area contributed by atoms with Crippen molar-refractivity contribution in [1.29, 1.82) is 0 Å². The molecule has 2 aromatic heterocycles. The Labute approximate surface area is 173 Å². The van der Waals surface area contributed by atoms with Gasteiger partial charge in [-0.05, 0) is 36.1 Å². The average molecular weight is 401 g/mol. The van der Waals surface area contributed by atoms with Gasteiger partial charge in [-0.15, -0.1) is 0 Å². The smallest absolute Gasteiger partial charge is 0.233 e. The van der Waals surface area contributed by atoms with Crippen LogP contribution in [-0.4, -0.2) is 31.7 Å². The molecule has 4 aromatic rings. The Morgan fingerprint density at radius 2 is 1.87 bits per heavy atom. The summed E-state index contributed by atoms with van der Waals surface area (Å²) >= 11 is 0. The molecule has 8 heteroatoms. The molecule has 1 saturated heterocycles. The first-order valence-electron chi connectivity index (χ1n) is 9.85. The van der Waals surface area contributed by atoms with Gasteiger partial charge in [-0.3, -0.25) is 5.10 Å². The molecule has 0 spiro atoms. The molecule has 0 radical (unpaired) electrons. The molecule has 0 aliphatic carbocycles. The molecule has 5 rings (SSSR count). The van der Waals surface area contributed by atoms with Crippen molar-refractivity contribution in [2.45, 2.75) is 18.9 Å². The van der Waals surface area contributed by atoms with Crippen LogP contribution in [0.3, 0.4) is 0 Å². The molecule has 150 valence electrons. The summed E-state index contributed by atoms with van der Waals surface area (Å²) in [6, 6.07) is 18.6. The predicted octanol–water partition coefficient (Wildman–Crippen LogP) is 4.49. The molecule has 0 bridgehead atoms. The first kappa shape index (κ1) is 18.2. The number of nitrogens with zero attached hydrogens (tertiary/aromatic N) is 5. The third-order valence-electron chi connectivity index (χ3n) is 5.23. The number of hydrogen-bond acceptors (Lipinski definition) is 6. The Kier molecular flexibility index (Phi) is 4.80. The molecule has 0 amide bonds. The van der Waals surface area contributed by atoms with Crippen LogP contribution >= 0.6 is 0 Å². The first-order valence-corrected chi connectivity index (χ1v) is 9.85. The maximum Gasteiger partial charge on any atom is 0.233 e. The number of anilines is 3. The number of aromatic nitrogens is 5. The van der Waals surface area contributed by atoms with E-state index in [1.807, 2.05) is 48.5 Å². The lowest BCUT2D eigenvalue weighted by Crippen LogP contribution is -2.25. The van der Waals surface area contributed by atoms with Gasteiger partial charge in [0.05, 0.1) is 11.7 Å². The van der Waals surface area contributed by atoms with Crippen molar-refractivity contribution in [3.63, 3.8) is 0 Å². The SMILES string of the molecule is Fc1ccc(C2CCCN2c2ncnc(Nc3cc(-c4ccccc4)[nH]n3)n2)cc1. The Balaban J connectivity index is 1.35. The lowest BCUT2D eigenvalue weighted by molar-refractivity contribution is 0.624. The zero-order valence-electron chi connectivity index (χ0n) is 16.2. The molecule has 1 aliphatic heterocycles. The fourth-order valence-electron chi connectivity index (χ4n) is 3.79. The maximum atomic E-state index is 13.3. The predicted molar refractivity (Wildman–Crippen MR) is 113 cm³/mol. The van der Waals surface area contributed by atoms with Crippen molar-refractivity contribution in [1.82, 2.24) is 25.1 Å². The lowest BCUT2D eigenvalue weighted by atomic mass is 10.0. The van der Waals surface area contributed by atoms with Gasteiger partial charge in [0.25, 0.3) is 0 Å². The summed E-state index contributed by atoms with van der Waals surface area (Å²) in [7, 11) is 0. The summed E-state index contributed by atoms with van der Waals surface area (Å²) < 4.78 is 13.3. The van der Waals surface area contributed by atoms with Gasteiger partial charge in [0.2, 0.25) is 11.9 Å². The second-order valence-electron chi connectivity index (χ2n) is 7.17. The lowest BCUT2D eigenvalue weighted by Gasteiger charge is -2.25. The minimum absolute atomic E-state index is 0.121. The van der Waals surface area contributed by atoms with E-state index in [4.69, 9.17) is 0 Å². The molecule has 7 nitrogen and oxygen atoms in total. The number of aromatic amines is 1. The third kappa shape index (κ3) is 3.71. The van der Waals surface area contributed by atoms with Gasteiger partial charge in [0.15, 0.2) is 5.82 Å². The quantitative estimate of drug-likeness (QED) is 0.513. The highest BCUT2D eigenvalue weighted by molar-refractivity contribution is 5.64. The normalized spacial score (nSPS) is 16.0. The van der Waals surface area contributed by atoms with Gasteiger partial charge in [0.1, 0.15) is 12.1 Å². The highest BCUT2D eigenvalue weighted by atomic mass is 19.1. The van der Waals surface area contributed by atoms with E-state index in [-0.39, 0.29) is 11.9 Å². The molecular weight excluding hydrogens is 381 g/mol. The summed E-state index contributed by atoms with van der Waals surface area (Å²) in [5.74, 6) is 1.42. The summed E-state index contributed by atoms with van der Waals surface area (Å²) in [5.41, 5.74) is 3.01. The molecule has 1 unspecified atom stereocenters. The van der Waals surface area contributed by atoms with Crippen LogP contribution in [0, 0.1) is 5.82 Å². The number of rotatable bonds is 5. The van der Waals surface area contributed by atoms with Gasteiger partial charge < -0.3 is 10.2 Å². The van der Waals surface area contributed by atoms with E-state index in [9.17, 15) is 4.39 Å². The van der Waals surface area contributed by atoms with Crippen molar-refractivity contribution in [3.8, 4) is 11.3 Å². The van der Waals surface area contributed by atoms with Gasteiger partial charge in [-0.25, -0.2) is 14.4 Å². The van der Waals surface area contributed by atoms with Crippen LogP contribution in [0.1, 0.15) is 24.4 Å². The standard InChI is InChI=1S/C22H20FN7/c23-17-10-8-16(9-11-17)19-7-4-12-30(19)22-25-14-24-21(27-22)26-20-13-18(28-29-20)15-5-2-1-3-6-15/h1-3,5-6,8-11,13-14,19H,4,7,12H2,(H2,24,25,26,27,28,29). The number of halogens is 1. The zero-order chi connectivity index (χ0) is 20.3. The average Bonchev–Trinajstić information content (AvgIpc) is 3.45. The molecule has 1 fully saturated rings. The van der Waals surface area contributed by atoms with Crippen molar-refractivity contribution in [2.75, 3.05) is 16.8 Å². The van der Waals surface area contributed by atoms with E-state index >= 15 is 0 Å². The molecule has 1 aliphatic rings. The van der Waals surface area contributed by atoms with Crippen molar-refractivity contribution < 1.29 is 4.39 Å². The van der Waals surface area contributed by atoms with Gasteiger partial charge >= 0.3 is 0 Å². The monoisotopic (exact) mass is 401 g/mol. The van der Waals surface area contributed by atoms with Crippen LogP contribution in [0.25, 0.3) is 11.3 Å². The van der Waals surface area contributed by atoms with Crippen LogP contribution < -0.4 is 10.2 Å². The largest absolute Gasteiger partial charge is 0.334 e. The first-order chi connectivity index (χ1) is 14.8. The number of hydrogen-bond donors (Lipinski definition) is 2. The van der Waals surface area contributed by atoms with Gasteiger partial charge in [-0.2, -0.15) is 10.1 Å². The van der Waals surface area contributed by atoms with E-state index in [2.05, 4.69) is 35.4 Å². The Morgan fingerprint density at radius 3 is 2.70 bits per heavy atom. The topological polar surface area (TPSA) is 82.6 Å². The highest BCUT2D eigenvalue weighted by Crippen LogP contribution is 2.34. The fourth-order valence-corrected chi connectivity index (χ4v) is 3.79. The van der Waals surface area contributed by atoms with Crippen molar-refractivity contribution in [2.24, 2.45) is 0 Å². The number of H-pyrrole nitrogens is 1. The zero-order valence-corrected chi connectivity index (χ0v) is 16.2. The van der Waals surface area contributed by atoms with Crippen LogP contribution in [-0.2, 0) is 0 Å². The van der Waals surface area contributed by atoms with Crippen LogP contribution in [0.2, 0.25) is 0 Å². The molecule has 1 atom stereocenters. The molecule has 30 heavy (non-hydrogen) atoms. The second kappa shape index (κ2) is 7.90. The minimum atomic E-state index is -0.233.